The van der Waals surface area contributed by atoms with Crippen LogP contribution in [-0.4, -0.2) is 29.3 Å². The van der Waals surface area contributed by atoms with Crippen LogP contribution < -0.4 is 10.1 Å². The Morgan fingerprint density at radius 1 is 1.40 bits per heavy atom. The molecule has 2 aromatic rings. The summed E-state index contributed by atoms with van der Waals surface area (Å²) in [7, 11) is 0. The number of hydrogen-bond donors (Lipinski definition) is 2. The van der Waals surface area contributed by atoms with E-state index in [4.69, 9.17) is 4.74 Å². The van der Waals surface area contributed by atoms with E-state index in [0.29, 0.717) is 13.1 Å². The third-order valence-corrected chi connectivity index (χ3v) is 4.07. The van der Waals surface area contributed by atoms with Gasteiger partial charge in [-0.3, -0.25) is 0 Å². The van der Waals surface area contributed by atoms with E-state index in [0.717, 1.165) is 20.9 Å². The van der Waals surface area contributed by atoms with Gasteiger partial charge < -0.3 is 15.2 Å². The van der Waals surface area contributed by atoms with E-state index < -0.39 is 6.10 Å². The molecule has 0 saturated heterocycles. The number of halogens is 1. The Hall–Kier alpha value is -0.950. The van der Waals surface area contributed by atoms with Crippen LogP contribution in [0.3, 0.4) is 0 Å². The van der Waals surface area contributed by atoms with E-state index in [1.165, 1.54) is 0 Å². The van der Waals surface area contributed by atoms with Crippen molar-refractivity contribution in [1.82, 2.24) is 10.3 Å². The molecule has 0 aliphatic carbocycles. The highest BCUT2D eigenvalue weighted by Gasteiger charge is 2.06. The molecule has 1 aromatic carbocycles. The molecule has 4 nitrogen and oxygen atoms in total. The first kappa shape index (κ1) is 15.4. The Bertz CT molecular complexity index is 530. The summed E-state index contributed by atoms with van der Waals surface area (Å²) in [5, 5.41) is 16.1. The minimum atomic E-state index is -0.542. The molecular formula is C14H17BrN2O2S. The van der Waals surface area contributed by atoms with Crippen molar-refractivity contribution >= 4 is 27.3 Å². The Morgan fingerprint density at radius 3 is 2.80 bits per heavy atom. The first-order valence-corrected chi connectivity index (χ1v) is 7.99. The van der Waals surface area contributed by atoms with Crippen LogP contribution in [0.5, 0.6) is 5.75 Å². The summed E-state index contributed by atoms with van der Waals surface area (Å²) in [4.78, 5) is 4.35. The average molecular weight is 357 g/mol. The van der Waals surface area contributed by atoms with Crippen molar-refractivity contribution in [2.45, 2.75) is 19.6 Å². The number of ether oxygens (including phenoxy) is 1. The zero-order valence-electron chi connectivity index (χ0n) is 11.2. The van der Waals surface area contributed by atoms with Crippen molar-refractivity contribution in [2.75, 3.05) is 13.2 Å². The van der Waals surface area contributed by atoms with Crippen LogP contribution in [0, 0.1) is 6.92 Å². The fraction of sp³-hybridized carbons (Fsp3) is 0.357. The molecule has 0 radical (unpaired) electrons. The molecule has 6 heteroatoms. The summed E-state index contributed by atoms with van der Waals surface area (Å²) in [6, 6.07) is 7.54. The molecule has 0 aliphatic heterocycles. The van der Waals surface area contributed by atoms with Gasteiger partial charge in [-0.2, -0.15) is 0 Å². The summed E-state index contributed by atoms with van der Waals surface area (Å²) in [5.41, 5.74) is 1.03. The molecule has 0 aliphatic rings. The number of hydrogen-bond acceptors (Lipinski definition) is 5. The predicted octanol–water partition coefficient (Wildman–Crippen LogP) is 2.74. The van der Waals surface area contributed by atoms with Crippen molar-refractivity contribution in [2.24, 2.45) is 0 Å². The van der Waals surface area contributed by atoms with Gasteiger partial charge in [-0.05, 0) is 31.2 Å². The van der Waals surface area contributed by atoms with Crippen LogP contribution in [0.25, 0.3) is 0 Å². The normalized spacial score (nSPS) is 12.3. The number of nitrogens with one attached hydrogen (secondary N) is 1. The zero-order valence-corrected chi connectivity index (χ0v) is 13.6. The molecule has 1 atom stereocenters. The summed E-state index contributed by atoms with van der Waals surface area (Å²) in [5.74, 6) is 0.753. The van der Waals surface area contributed by atoms with E-state index in [-0.39, 0.29) is 6.61 Å². The lowest BCUT2D eigenvalue weighted by Crippen LogP contribution is -2.31. The quantitative estimate of drug-likeness (QED) is 0.800. The number of aliphatic hydroxyl groups is 1. The number of aryl methyl sites for hydroxylation is 1. The molecule has 2 N–H and O–H groups in total. The minimum absolute atomic E-state index is 0.269. The summed E-state index contributed by atoms with van der Waals surface area (Å²) >= 11 is 4.99. The van der Waals surface area contributed by atoms with Gasteiger partial charge in [-0.15, -0.1) is 11.3 Å². The molecule has 1 heterocycles. The van der Waals surface area contributed by atoms with E-state index >= 15 is 0 Å². The van der Waals surface area contributed by atoms with Gasteiger partial charge in [0.15, 0.2) is 0 Å². The Labute approximate surface area is 130 Å². The maximum Gasteiger partial charge on any atom is 0.119 e. The van der Waals surface area contributed by atoms with Gasteiger partial charge in [0.2, 0.25) is 0 Å². The van der Waals surface area contributed by atoms with Gasteiger partial charge in [0.25, 0.3) is 0 Å². The number of aliphatic hydroxyl groups excluding tert-OH is 1. The molecular weight excluding hydrogens is 340 g/mol. The van der Waals surface area contributed by atoms with Crippen LogP contribution in [0.15, 0.2) is 34.1 Å². The standard InChI is InChI=1S/C14H17BrN2O2S/c1-10-9-20-14(17-10)7-16-6-12(18)8-19-13-4-2-11(15)3-5-13/h2-5,9,12,16,18H,6-8H2,1H3. The second-order valence-electron chi connectivity index (χ2n) is 4.43. The lowest BCUT2D eigenvalue weighted by Gasteiger charge is -2.12. The highest BCUT2D eigenvalue weighted by Crippen LogP contribution is 2.16. The fourth-order valence-electron chi connectivity index (χ4n) is 1.61. The maximum atomic E-state index is 9.83. The molecule has 0 saturated carbocycles. The second-order valence-corrected chi connectivity index (χ2v) is 6.29. The highest BCUT2D eigenvalue weighted by atomic mass is 79.9. The van der Waals surface area contributed by atoms with Gasteiger partial charge >= 0.3 is 0 Å². The first-order valence-electron chi connectivity index (χ1n) is 6.31. The molecule has 0 fully saturated rings. The van der Waals surface area contributed by atoms with Crippen molar-refractivity contribution in [3.8, 4) is 5.75 Å². The number of nitrogens with zero attached hydrogens (tertiary/aromatic N) is 1. The molecule has 2 rings (SSSR count). The Kier molecular flexibility index (Phi) is 5.97. The fourth-order valence-corrected chi connectivity index (χ4v) is 2.62. The predicted molar refractivity (Wildman–Crippen MR) is 84.2 cm³/mol. The highest BCUT2D eigenvalue weighted by molar-refractivity contribution is 9.10. The van der Waals surface area contributed by atoms with E-state index in [1.54, 1.807) is 11.3 Å². The number of aromatic nitrogens is 1. The van der Waals surface area contributed by atoms with Gasteiger partial charge in [0.1, 0.15) is 23.5 Å². The van der Waals surface area contributed by atoms with Crippen LogP contribution in [0.4, 0.5) is 0 Å². The third-order valence-electron chi connectivity index (χ3n) is 2.58. The van der Waals surface area contributed by atoms with Crippen molar-refractivity contribution in [3.05, 3.63) is 44.8 Å². The van der Waals surface area contributed by atoms with Crippen LogP contribution in [0.1, 0.15) is 10.7 Å². The Morgan fingerprint density at radius 2 is 2.15 bits per heavy atom. The largest absolute Gasteiger partial charge is 0.491 e. The van der Waals surface area contributed by atoms with Crippen molar-refractivity contribution < 1.29 is 9.84 Å². The number of rotatable bonds is 7. The van der Waals surface area contributed by atoms with Gasteiger partial charge in [-0.1, -0.05) is 15.9 Å². The van der Waals surface area contributed by atoms with Crippen LogP contribution in [-0.2, 0) is 6.54 Å². The third kappa shape index (κ3) is 5.20. The molecule has 0 bridgehead atoms. The molecule has 1 aromatic heterocycles. The average Bonchev–Trinajstić information content (AvgIpc) is 2.84. The van der Waals surface area contributed by atoms with E-state index in [1.807, 2.05) is 36.6 Å². The minimum Gasteiger partial charge on any atom is -0.491 e. The van der Waals surface area contributed by atoms with Crippen molar-refractivity contribution in [3.63, 3.8) is 0 Å². The van der Waals surface area contributed by atoms with E-state index in [2.05, 4.69) is 26.2 Å². The zero-order chi connectivity index (χ0) is 14.4. The van der Waals surface area contributed by atoms with Crippen LogP contribution >= 0.6 is 27.3 Å². The van der Waals surface area contributed by atoms with Gasteiger partial charge in [-0.25, -0.2) is 4.98 Å². The summed E-state index contributed by atoms with van der Waals surface area (Å²) < 4.78 is 6.51. The molecule has 1 unspecified atom stereocenters. The lowest BCUT2D eigenvalue weighted by molar-refractivity contribution is 0.106. The maximum absolute atomic E-state index is 9.83. The second kappa shape index (κ2) is 7.73. The topological polar surface area (TPSA) is 54.4 Å². The SMILES string of the molecule is Cc1csc(CNCC(O)COc2ccc(Br)cc2)n1. The van der Waals surface area contributed by atoms with E-state index in [9.17, 15) is 5.11 Å². The smallest absolute Gasteiger partial charge is 0.119 e. The lowest BCUT2D eigenvalue weighted by atomic mass is 10.3. The van der Waals surface area contributed by atoms with Crippen LogP contribution in [0.2, 0.25) is 0 Å². The molecule has 0 spiro atoms. The van der Waals surface area contributed by atoms with Gasteiger partial charge in [0.05, 0.1) is 0 Å². The monoisotopic (exact) mass is 356 g/mol. The first-order chi connectivity index (χ1) is 9.63. The number of thiazole rings is 1. The molecule has 20 heavy (non-hydrogen) atoms. The molecule has 0 amide bonds. The number of benzene rings is 1. The summed E-state index contributed by atoms with van der Waals surface area (Å²) in [6.07, 6.45) is -0.542. The Balaban J connectivity index is 1.65. The summed E-state index contributed by atoms with van der Waals surface area (Å²) in [6.45, 7) is 3.40. The molecule has 108 valence electrons. The van der Waals surface area contributed by atoms with Crippen molar-refractivity contribution in [1.29, 1.82) is 0 Å². The van der Waals surface area contributed by atoms with Gasteiger partial charge in [0, 0.05) is 28.6 Å².